The number of benzene rings is 1. The van der Waals surface area contributed by atoms with Gasteiger partial charge >= 0.3 is 11.9 Å². The van der Waals surface area contributed by atoms with Gasteiger partial charge in [-0.2, -0.15) is 0 Å². The largest absolute Gasteiger partial charge is 0.459 e. The highest BCUT2D eigenvalue weighted by Crippen LogP contribution is 2.21. The third-order valence-electron chi connectivity index (χ3n) is 6.93. The highest BCUT2D eigenvalue weighted by atomic mass is 16.5. The molecular formula is C32H54O4. The number of rotatable bonds is 22. The van der Waals surface area contributed by atoms with Gasteiger partial charge in [0.2, 0.25) is 0 Å². The van der Waals surface area contributed by atoms with Crippen molar-refractivity contribution in [3.63, 3.8) is 0 Å². The molecule has 206 valence electrons. The fourth-order valence-electron chi connectivity index (χ4n) is 4.61. The quantitative estimate of drug-likeness (QED) is 0.117. The van der Waals surface area contributed by atoms with Gasteiger partial charge in [-0.25, -0.2) is 9.59 Å². The van der Waals surface area contributed by atoms with Crippen LogP contribution in [0.3, 0.4) is 0 Å². The molecule has 2 atom stereocenters. The molecule has 1 rings (SSSR count). The Balaban J connectivity index is 2.80. The van der Waals surface area contributed by atoms with Crippen molar-refractivity contribution in [1.29, 1.82) is 0 Å². The molecule has 0 N–H and O–H groups in total. The topological polar surface area (TPSA) is 52.6 Å². The fraction of sp³-hybridized carbons (Fsp3) is 0.750. The van der Waals surface area contributed by atoms with E-state index in [9.17, 15) is 9.59 Å². The summed E-state index contributed by atoms with van der Waals surface area (Å²) in [5.41, 5.74) is 0.652. The van der Waals surface area contributed by atoms with Crippen LogP contribution in [0.2, 0.25) is 0 Å². The molecule has 0 saturated carbocycles. The van der Waals surface area contributed by atoms with E-state index >= 15 is 0 Å². The zero-order valence-corrected chi connectivity index (χ0v) is 23.8. The second-order valence-electron chi connectivity index (χ2n) is 10.3. The van der Waals surface area contributed by atoms with E-state index in [0.717, 1.165) is 64.2 Å². The molecule has 1 aromatic carbocycles. The predicted octanol–water partition coefficient (Wildman–Crippen LogP) is 9.84. The lowest BCUT2D eigenvalue weighted by Gasteiger charge is -2.20. The second-order valence-corrected chi connectivity index (χ2v) is 10.3. The van der Waals surface area contributed by atoms with E-state index in [1.807, 2.05) is 0 Å². The Morgan fingerprint density at radius 3 is 1.22 bits per heavy atom. The Morgan fingerprint density at radius 1 is 0.528 bits per heavy atom. The number of carbonyl (C=O) groups excluding carboxylic acids is 2. The SMILES string of the molecule is CCCCCCCC(CCCC)OC(=O)c1ccccc1C(=O)OC(CCCC)CCCCCCC. The van der Waals surface area contributed by atoms with Gasteiger partial charge in [0.25, 0.3) is 0 Å². The number of esters is 2. The molecule has 0 bridgehead atoms. The highest BCUT2D eigenvalue weighted by molar-refractivity contribution is 6.03. The van der Waals surface area contributed by atoms with Crippen LogP contribution in [0.25, 0.3) is 0 Å². The smallest absolute Gasteiger partial charge is 0.339 e. The summed E-state index contributed by atoms with van der Waals surface area (Å²) < 4.78 is 11.9. The first kappa shape index (κ1) is 32.2. The average molecular weight is 503 g/mol. The van der Waals surface area contributed by atoms with E-state index in [0.29, 0.717) is 11.1 Å². The molecule has 1 aromatic rings. The molecule has 0 radical (unpaired) electrons. The molecule has 0 aliphatic carbocycles. The molecule has 0 fully saturated rings. The lowest BCUT2D eigenvalue weighted by molar-refractivity contribution is 0.0202. The van der Waals surface area contributed by atoms with Crippen molar-refractivity contribution in [3.8, 4) is 0 Å². The molecule has 2 unspecified atom stereocenters. The van der Waals surface area contributed by atoms with Gasteiger partial charge in [0.1, 0.15) is 12.2 Å². The van der Waals surface area contributed by atoms with Crippen molar-refractivity contribution < 1.29 is 19.1 Å². The Labute approximate surface area is 221 Å². The Hall–Kier alpha value is -1.84. The van der Waals surface area contributed by atoms with Crippen LogP contribution in [0, 0.1) is 0 Å². The van der Waals surface area contributed by atoms with Gasteiger partial charge in [0, 0.05) is 0 Å². The van der Waals surface area contributed by atoms with Gasteiger partial charge in [0.05, 0.1) is 11.1 Å². The Morgan fingerprint density at radius 2 is 0.861 bits per heavy atom. The first-order valence-corrected chi connectivity index (χ1v) is 15.1. The van der Waals surface area contributed by atoms with Crippen LogP contribution < -0.4 is 0 Å². The van der Waals surface area contributed by atoms with Crippen LogP contribution in [0.1, 0.15) is 164 Å². The van der Waals surface area contributed by atoms with E-state index in [1.54, 1.807) is 24.3 Å². The first-order valence-electron chi connectivity index (χ1n) is 15.1. The van der Waals surface area contributed by atoms with E-state index < -0.39 is 11.9 Å². The Bertz CT molecular complexity index is 640. The lowest BCUT2D eigenvalue weighted by Crippen LogP contribution is -2.23. The third-order valence-corrected chi connectivity index (χ3v) is 6.93. The van der Waals surface area contributed by atoms with Crippen LogP contribution in [0.4, 0.5) is 0 Å². The molecule has 0 aromatic heterocycles. The molecule has 36 heavy (non-hydrogen) atoms. The number of carbonyl (C=O) groups is 2. The summed E-state index contributed by atoms with van der Waals surface area (Å²) in [5.74, 6) is -0.802. The van der Waals surface area contributed by atoms with Crippen LogP contribution in [-0.4, -0.2) is 24.1 Å². The predicted molar refractivity (Wildman–Crippen MR) is 151 cm³/mol. The van der Waals surface area contributed by atoms with E-state index in [1.165, 1.54) is 51.4 Å². The summed E-state index contributed by atoms with van der Waals surface area (Å²) in [6.07, 6.45) is 19.5. The molecule has 0 saturated heterocycles. The maximum absolute atomic E-state index is 13.2. The van der Waals surface area contributed by atoms with Gasteiger partial charge in [-0.15, -0.1) is 0 Å². The number of hydrogen-bond donors (Lipinski definition) is 0. The molecular weight excluding hydrogens is 448 g/mol. The molecule has 0 aliphatic heterocycles. The number of ether oxygens (including phenoxy) is 2. The standard InChI is InChI=1S/C32H54O4/c1-5-9-13-15-17-23-27(21-11-7-3)35-31(33)29-25-19-20-26-30(29)32(34)36-28(22-12-8-4)24-18-16-14-10-6-2/h19-20,25-28H,5-18,21-24H2,1-4H3. The minimum absolute atomic E-state index is 0.0939. The first-order chi connectivity index (χ1) is 17.6. The van der Waals surface area contributed by atoms with Crippen molar-refractivity contribution >= 4 is 11.9 Å². The normalized spacial score (nSPS) is 12.8. The zero-order valence-electron chi connectivity index (χ0n) is 23.8. The minimum atomic E-state index is -0.401. The molecule has 4 nitrogen and oxygen atoms in total. The maximum atomic E-state index is 13.2. The van der Waals surface area contributed by atoms with Crippen molar-refractivity contribution in [2.45, 2.75) is 155 Å². The van der Waals surface area contributed by atoms with Crippen LogP contribution in [-0.2, 0) is 9.47 Å². The van der Waals surface area contributed by atoms with Crippen molar-refractivity contribution in [2.24, 2.45) is 0 Å². The average Bonchev–Trinajstić information content (AvgIpc) is 2.89. The number of hydrogen-bond acceptors (Lipinski definition) is 4. The monoisotopic (exact) mass is 502 g/mol. The van der Waals surface area contributed by atoms with Crippen molar-refractivity contribution in [2.75, 3.05) is 0 Å². The number of unbranched alkanes of at least 4 members (excludes halogenated alkanes) is 10. The van der Waals surface area contributed by atoms with Crippen molar-refractivity contribution in [3.05, 3.63) is 35.4 Å². The second kappa shape index (κ2) is 21.3. The molecule has 0 aliphatic rings. The summed E-state index contributed by atoms with van der Waals surface area (Å²) >= 11 is 0. The van der Waals surface area contributed by atoms with Crippen LogP contribution in [0.15, 0.2) is 24.3 Å². The minimum Gasteiger partial charge on any atom is -0.459 e. The highest BCUT2D eigenvalue weighted by Gasteiger charge is 2.24. The maximum Gasteiger partial charge on any atom is 0.339 e. The third kappa shape index (κ3) is 14.0. The van der Waals surface area contributed by atoms with Gasteiger partial charge < -0.3 is 9.47 Å². The molecule has 0 spiro atoms. The summed E-state index contributed by atoms with van der Waals surface area (Å²) in [5, 5.41) is 0. The van der Waals surface area contributed by atoms with Crippen molar-refractivity contribution in [1.82, 2.24) is 0 Å². The zero-order chi connectivity index (χ0) is 26.4. The molecule has 0 amide bonds. The van der Waals surface area contributed by atoms with E-state index in [-0.39, 0.29) is 12.2 Å². The Kier molecular flexibility index (Phi) is 19.0. The summed E-state index contributed by atoms with van der Waals surface area (Å²) in [4.78, 5) is 26.4. The van der Waals surface area contributed by atoms with Gasteiger partial charge in [-0.1, -0.05) is 117 Å². The van der Waals surface area contributed by atoms with Gasteiger partial charge in [0.15, 0.2) is 0 Å². The van der Waals surface area contributed by atoms with Crippen LogP contribution >= 0.6 is 0 Å². The van der Waals surface area contributed by atoms with E-state index in [2.05, 4.69) is 27.7 Å². The van der Waals surface area contributed by atoms with Gasteiger partial charge in [-0.3, -0.25) is 0 Å². The lowest BCUT2D eigenvalue weighted by atomic mass is 10.0. The van der Waals surface area contributed by atoms with Crippen LogP contribution in [0.5, 0.6) is 0 Å². The summed E-state index contributed by atoms with van der Waals surface area (Å²) in [7, 11) is 0. The molecule has 4 heteroatoms. The van der Waals surface area contributed by atoms with E-state index in [4.69, 9.17) is 9.47 Å². The van der Waals surface area contributed by atoms with Gasteiger partial charge in [-0.05, 0) is 50.7 Å². The summed E-state index contributed by atoms with van der Waals surface area (Å²) in [6, 6.07) is 6.98. The summed E-state index contributed by atoms with van der Waals surface area (Å²) in [6.45, 7) is 8.75. The molecule has 0 heterocycles. The fourth-order valence-corrected chi connectivity index (χ4v) is 4.61.